The number of halogens is 2. The van der Waals surface area contributed by atoms with Crippen molar-refractivity contribution in [3.63, 3.8) is 0 Å². The number of nitrogens with two attached hydrogens (primary N) is 1. The van der Waals surface area contributed by atoms with Crippen molar-refractivity contribution in [2.24, 2.45) is 5.73 Å². The lowest BCUT2D eigenvalue weighted by molar-refractivity contribution is -0.119. The number of thiocarbonyl (C=S) groups is 1. The molecule has 228 valence electrons. The molecule has 0 saturated heterocycles. The highest BCUT2D eigenvalue weighted by molar-refractivity contribution is 7.80. The Morgan fingerprint density at radius 1 is 1.14 bits per heavy atom. The third-order valence-electron chi connectivity index (χ3n) is 6.16. The van der Waals surface area contributed by atoms with E-state index in [1.165, 1.54) is 47.7 Å². The first kappa shape index (κ1) is 32.4. The largest absolute Gasteiger partial charge is 0.456 e. The molecule has 0 spiro atoms. The highest BCUT2D eigenvalue weighted by Gasteiger charge is 2.13. The summed E-state index contributed by atoms with van der Waals surface area (Å²) < 4.78 is 39.8. The van der Waals surface area contributed by atoms with Crippen LogP contribution in [0.25, 0.3) is 15.9 Å². The van der Waals surface area contributed by atoms with E-state index in [-0.39, 0.29) is 23.0 Å². The first-order valence-electron chi connectivity index (χ1n) is 13.5. The third-order valence-corrected chi connectivity index (χ3v) is 7.55. The number of hydrogen-bond acceptors (Lipinski definition) is 8. The summed E-state index contributed by atoms with van der Waals surface area (Å²) in [6.45, 7) is 5.82. The number of rotatable bonds is 13. The van der Waals surface area contributed by atoms with Crippen LogP contribution >= 0.6 is 23.6 Å². The number of aromatic nitrogens is 1. The van der Waals surface area contributed by atoms with Crippen LogP contribution in [0.5, 0.6) is 11.5 Å². The maximum atomic E-state index is 14.9. The molecule has 1 amide bonds. The highest BCUT2D eigenvalue weighted by Crippen LogP contribution is 2.37. The van der Waals surface area contributed by atoms with E-state index in [9.17, 15) is 13.6 Å². The topological polar surface area (TPSA) is 111 Å². The zero-order valence-electron chi connectivity index (χ0n) is 23.9. The normalized spacial score (nSPS) is 11.8. The van der Waals surface area contributed by atoms with Crippen molar-refractivity contribution in [1.82, 2.24) is 15.6 Å². The average Bonchev–Trinajstić information content (AvgIpc) is 3.45. The summed E-state index contributed by atoms with van der Waals surface area (Å²) in [4.78, 5) is 17.5. The van der Waals surface area contributed by atoms with E-state index in [4.69, 9.17) is 27.4 Å². The van der Waals surface area contributed by atoms with Gasteiger partial charge in [0.2, 0.25) is 5.91 Å². The van der Waals surface area contributed by atoms with Crippen molar-refractivity contribution in [3.8, 4) is 11.5 Å². The number of benzene rings is 2. The number of methoxy groups -OCH3 is 1. The molecule has 4 aromatic rings. The van der Waals surface area contributed by atoms with Gasteiger partial charge in [0, 0.05) is 44.2 Å². The van der Waals surface area contributed by atoms with Gasteiger partial charge < -0.3 is 31.2 Å². The Balaban J connectivity index is 1.40. The van der Waals surface area contributed by atoms with Crippen LogP contribution < -0.4 is 26.4 Å². The van der Waals surface area contributed by atoms with Crippen LogP contribution in [0, 0.1) is 11.6 Å². The van der Waals surface area contributed by atoms with Gasteiger partial charge in [-0.1, -0.05) is 30.9 Å². The standard InChI is InChI=1S/C32H31F2N5O3S2/c1-3-20(19-36-14-15-41-2)6-10-25(35)29-18-27-31(44-29)28(12-13-37-27)42-23-9-11-26(24(34)17-23)38-32(43)39-30(40)16-21-4-7-22(33)8-5-21/h3-13,17-18,36H,1,14-16,19,35H2,2H3,(H2,38,39,40,43)/b20-6+,25-10-. The van der Waals surface area contributed by atoms with Crippen molar-refractivity contribution in [3.05, 3.63) is 113 Å². The van der Waals surface area contributed by atoms with Crippen molar-refractivity contribution in [1.29, 1.82) is 0 Å². The van der Waals surface area contributed by atoms with E-state index in [1.807, 2.05) is 18.2 Å². The first-order chi connectivity index (χ1) is 21.2. The van der Waals surface area contributed by atoms with Crippen molar-refractivity contribution >= 4 is 56.2 Å². The first-order valence-corrected chi connectivity index (χ1v) is 14.7. The van der Waals surface area contributed by atoms with E-state index in [1.54, 1.807) is 31.5 Å². The van der Waals surface area contributed by atoms with Crippen molar-refractivity contribution < 1.29 is 23.0 Å². The van der Waals surface area contributed by atoms with E-state index >= 15 is 0 Å². The molecule has 0 saturated carbocycles. The Labute approximate surface area is 263 Å². The molecule has 0 aliphatic carbocycles. The molecule has 44 heavy (non-hydrogen) atoms. The molecule has 0 fully saturated rings. The smallest absolute Gasteiger partial charge is 0.230 e. The van der Waals surface area contributed by atoms with Crippen LogP contribution in [-0.4, -0.2) is 42.8 Å². The minimum Gasteiger partial charge on any atom is -0.456 e. The summed E-state index contributed by atoms with van der Waals surface area (Å²) >= 11 is 6.56. The van der Waals surface area contributed by atoms with Gasteiger partial charge in [-0.15, -0.1) is 11.3 Å². The van der Waals surface area contributed by atoms with Gasteiger partial charge in [-0.2, -0.15) is 0 Å². The molecule has 0 bridgehead atoms. The number of ether oxygens (including phenoxy) is 2. The molecular formula is C32H31F2N5O3S2. The summed E-state index contributed by atoms with van der Waals surface area (Å²) in [5.74, 6) is -0.705. The fourth-order valence-electron chi connectivity index (χ4n) is 3.92. The second kappa shape index (κ2) is 15.8. The lowest BCUT2D eigenvalue weighted by Gasteiger charge is -2.12. The number of anilines is 1. The second-order valence-corrected chi connectivity index (χ2v) is 10.9. The Morgan fingerprint density at radius 2 is 1.93 bits per heavy atom. The number of carbonyl (C=O) groups is 1. The molecular weight excluding hydrogens is 605 g/mol. The van der Waals surface area contributed by atoms with E-state index in [0.29, 0.717) is 35.7 Å². The van der Waals surface area contributed by atoms with Gasteiger partial charge in [-0.3, -0.25) is 9.78 Å². The molecule has 8 nitrogen and oxygen atoms in total. The van der Waals surface area contributed by atoms with Gasteiger partial charge in [0.15, 0.2) is 5.11 Å². The minimum atomic E-state index is -0.636. The molecule has 0 aliphatic heterocycles. The van der Waals surface area contributed by atoms with Gasteiger partial charge in [0.05, 0.1) is 33.8 Å². The van der Waals surface area contributed by atoms with Crippen molar-refractivity contribution in [2.45, 2.75) is 6.42 Å². The highest BCUT2D eigenvalue weighted by atomic mass is 32.1. The van der Waals surface area contributed by atoms with Gasteiger partial charge in [0.1, 0.15) is 23.1 Å². The number of carbonyl (C=O) groups excluding carboxylic acids is 1. The van der Waals surface area contributed by atoms with Gasteiger partial charge >= 0.3 is 0 Å². The molecule has 5 N–H and O–H groups in total. The lowest BCUT2D eigenvalue weighted by Crippen LogP contribution is -2.35. The number of hydrogen-bond donors (Lipinski definition) is 4. The molecule has 0 radical (unpaired) electrons. The van der Waals surface area contributed by atoms with E-state index in [0.717, 1.165) is 21.7 Å². The average molecular weight is 636 g/mol. The summed E-state index contributed by atoms with van der Waals surface area (Å²) in [7, 11) is 1.65. The van der Waals surface area contributed by atoms with Crippen LogP contribution in [0.2, 0.25) is 0 Å². The number of amides is 1. The summed E-state index contributed by atoms with van der Waals surface area (Å²) in [5, 5.41) is 8.35. The number of nitrogens with zero attached hydrogens (tertiary/aromatic N) is 1. The number of pyridine rings is 1. The Kier molecular flexibility index (Phi) is 11.7. The van der Waals surface area contributed by atoms with Gasteiger partial charge in [-0.25, -0.2) is 8.78 Å². The number of fused-ring (bicyclic) bond motifs is 1. The third kappa shape index (κ3) is 9.25. The van der Waals surface area contributed by atoms with E-state index in [2.05, 4.69) is 27.5 Å². The number of nitrogens with one attached hydrogen (secondary N) is 3. The van der Waals surface area contributed by atoms with Crippen LogP contribution in [-0.2, 0) is 16.0 Å². The second-order valence-electron chi connectivity index (χ2n) is 9.42. The molecule has 2 aromatic carbocycles. The molecule has 2 aromatic heterocycles. The number of allylic oxidation sites excluding steroid dienone is 2. The van der Waals surface area contributed by atoms with Crippen LogP contribution in [0.3, 0.4) is 0 Å². The summed E-state index contributed by atoms with van der Waals surface area (Å²) in [6, 6.07) is 13.3. The maximum Gasteiger partial charge on any atom is 0.230 e. The predicted octanol–water partition coefficient (Wildman–Crippen LogP) is 6.07. The Morgan fingerprint density at radius 3 is 2.66 bits per heavy atom. The molecule has 12 heteroatoms. The molecule has 2 heterocycles. The number of thiophene rings is 1. The SMILES string of the molecule is C=C/C(=C\C=C(/N)c1cc2nccc(Oc3ccc(NC(=S)NC(=O)Cc4ccc(F)cc4)c(F)c3)c2s1)CNCCOC. The fraction of sp³-hybridized carbons (Fsp3) is 0.156. The van der Waals surface area contributed by atoms with Gasteiger partial charge in [0.25, 0.3) is 0 Å². The molecule has 0 atom stereocenters. The minimum absolute atomic E-state index is 0.0109. The fourth-order valence-corrected chi connectivity index (χ4v) is 5.15. The Hall–Kier alpha value is -4.49. The van der Waals surface area contributed by atoms with Crippen molar-refractivity contribution in [2.75, 3.05) is 32.1 Å². The predicted molar refractivity (Wildman–Crippen MR) is 176 cm³/mol. The van der Waals surface area contributed by atoms with E-state index < -0.39 is 17.5 Å². The van der Waals surface area contributed by atoms with Crippen LogP contribution in [0.15, 0.2) is 91.2 Å². The Bertz CT molecular complexity index is 1700. The zero-order valence-corrected chi connectivity index (χ0v) is 25.5. The summed E-state index contributed by atoms with van der Waals surface area (Å²) in [6.07, 6.45) is 7.08. The lowest BCUT2D eigenvalue weighted by atomic mass is 10.1. The quantitative estimate of drug-likeness (QED) is 0.0797. The monoisotopic (exact) mass is 635 g/mol. The molecule has 0 aliphatic rings. The summed E-state index contributed by atoms with van der Waals surface area (Å²) in [5.41, 5.74) is 9.25. The molecule has 4 rings (SSSR count). The zero-order chi connectivity index (χ0) is 31.5. The van der Waals surface area contributed by atoms with Crippen LogP contribution in [0.4, 0.5) is 14.5 Å². The maximum absolute atomic E-state index is 14.9. The van der Waals surface area contributed by atoms with Crippen LogP contribution in [0.1, 0.15) is 10.4 Å². The molecule has 0 unspecified atom stereocenters. The van der Waals surface area contributed by atoms with Gasteiger partial charge in [-0.05, 0) is 59.8 Å².